The molecule has 0 aliphatic heterocycles. The molecule has 0 heterocycles. The van der Waals surface area contributed by atoms with Crippen LogP contribution in [0.3, 0.4) is 0 Å². The van der Waals surface area contributed by atoms with Crippen LogP contribution >= 0.6 is 0 Å². The Morgan fingerprint density at radius 3 is 1.30 bits per heavy atom. The monoisotopic (exact) mass is 665 g/mol. The molecule has 0 spiro atoms. The topological polar surface area (TPSA) is 221 Å². The van der Waals surface area contributed by atoms with Crippen molar-refractivity contribution in [2.24, 2.45) is 0 Å². The molecule has 0 atom stereocenters. The van der Waals surface area contributed by atoms with Crippen LogP contribution < -0.4 is 14.1 Å². The van der Waals surface area contributed by atoms with Crippen molar-refractivity contribution in [1.82, 2.24) is 0 Å². The lowest BCUT2D eigenvalue weighted by Crippen LogP contribution is -2.14. The average Bonchev–Trinajstić information content (AvgIpc) is 2.90. The molecule has 0 unspecified atom stereocenters. The van der Waals surface area contributed by atoms with Crippen molar-refractivity contribution in [3.05, 3.63) is 91.0 Å². The minimum absolute atomic E-state index is 0.134. The van der Waals surface area contributed by atoms with Gasteiger partial charge in [0, 0.05) is 0 Å². The van der Waals surface area contributed by atoms with E-state index in [1.54, 1.807) is 0 Å². The van der Waals surface area contributed by atoms with Gasteiger partial charge in [-0.15, -0.1) is 0 Å². The second-order valence-corrected chi connectivity index (χ2v) is 15.0. The molecule has 17 heteroatoms. The predicted molar refractivity (Wildman–Crippen MR) is 154 cm³/mol. The third-order valence-electron chi connectivity index (χ3n) is 6.11. The Hall–Kier alpha value is -4.26. The van der Waals surface area contributed by atoms with Gasteiger partial charge in [0.2, 0.25) is 0 Å². The van der Waals surface area contributed by atoms with Crippen molar-refractivity contribution in [2.45, 2.75) is 19.6 Å². The molecule has 0 saturated heterocycles. The molecule has 0 saturated carbocycles. The molecule has 4 N–H and O–H groups in total. The largest absolute Gasteiger partial charge is 0.398 e. The molecule has 0 radical (unpaired) electrons. The summed E-state index contributed by atoms with van der Waals surface area (Å²) >= 11 is 0. The van der Waals surface area contributed by atoms with Crippen molar-refractivity contribution in [3.8, 4) is 11.5 Å². The van der Waals surface area contributed by atoms with Gasteiger partial charge in [-0.2, -0.15) is 33.7 Å². The van der Waals surface area contributed by atoms with Crippen LogP contribution in [0.15, 0.2) is 111 Å². The van der Waals surface area contributed by atoms with Gasteiger partial charge >= 0.3 is 20.2 Å². The van der Waals surface area contributed by atoms with Crippen LogP contribution in [-0.2, 0) is 40.5 Å². The Bertz CT molecular complexity index is 2390. The van der Waals surface area contributed by atoms with E-state index in [0.29, 0.717) is 21.5 Å². The SMILES string of the molecule is Nc1cc(S(=O)(=O)Oc2ccc3cc(S(=O)(=O)O)ccc3c2)ccc1S(=O)(=O)Oc1ccc2cc(S(=O)(=O)O)ccc2c1. The Balaban J connectivity index is 1.38. The molecule has 0 aliphatic carbocycles. The first-order valence-corrected chi connectivity index (χ1v) is 17.4. The number of hydrogen-bond donors (Lipinski definition) is 3. The normalized spacial score (nSPS) is 12.8. The van der Waals surface area contributed by atoms with E-state index in [-0.39, 0.29) is 21.3 Å². The highest BCUT2D eigenvalue weighted by atomic mass is 32.2. The van der Waals surface area contributed by atoms with E-state index in [0.717, 1.165) is 30.3 Å². The van der Waals surface area contributed by atoms with E-state index in [1.165, 1.54) is 60.7 Å². The molecular formula is C26H19NO12S4. The van der Waals surface area contributed by atoms with E-state index >= 15 is 0 Å². The third kappa shape index (κ3) is 6.41. The highest BCUT2D eigenvalue weighted by molar-refractivity contribution is 7.87. The van der Waals surface area contributed by atoms with E-state index in [2.05, 4.69) is 0 Å². The Kier molecular flexibility index (Phi) is 7.36. The summed E-state index contributed by atoms with van der Waals surface area (Å²) in [4.78, 5) is -1.69. The van der Waals surface area contributed by atoms with Crippen LogP contribution in [0.2, 0.25) is 0 Å². The second kappa shape index (κ2) is 10.5. The lowest BCUT2D eigenvalue weighted by atomic mass is 10.1. The van der Waals surface area contributed by atoms with Crippen LogP contribution in [0.25, 0.3) is 21.5 Å². The zero-order valence-corrected chi connectivity index (χ0v) is 24.6. The number of hydrogen-bond acceptors (Lipinski definition) is 11. The zero-order chi connectivity index (χ0) is 31.4. The Morgan fingerprint density at radius 2 is 0.860 bits per heavy atom. The summed E-state index contributed by atoms with van der Waals surface area (Å²) in [6.07, 6.45) is 0. The van der Waals surface area contributed by atoms with E-state index in [1.807, 2.05) is 0 Å². The van der Waals surface area contributed by atoms with Crippen LogP contribution in [0.4, 0.5) is 5.69 Å². The Labute approximate surface area is 245 Å². The minimum atomic E-state index is -4.56. The highest BCUT2D eigenvalue weighted by Gasteiger charge is 2.25. The lowest BCUT2D eigenvalue weighted by Gasteiger charge is -2.12. The number of nitrogens with two attached hydrogens (primary N) is 1. The fourth-order valence-electron chi connectivity index (χ4n) is 4.08. The van der Waals surface area contributed by atoms with E-state index in [4.69, 9.17) is 14.1 Å². The smallest absolute Gasteiger partial charge is 0.341 e. The van der Waals surface area contributed by atoms with Crippen molar-refractivity contribution in [2.75, 3.05) is 5.73 Å². The van der Waals surface area contributed by atoms with Gasteiger partial charge in [0.25, 0.3) is 20.2 Å². The second-order valence-electron chi connectivity index (χ2n) is 9.07. The molecule has 5 aromatic rings. The summed E-state index contributed by atoms with van der Waals surface area (Å²) in [6, 6.07) is 18.0. The molecule has 0 aliphatic rings. The summed E-state index contributed by atoms with van der Waals surface area (Å²) in [5, 5.41) is 1.57. The molecule has 0 bridgehead atoms. The zero-order valence-electron chi connectivity index (χ0n) is 21.3. The summed E-state index contributed by atoms with van der Waals surface area (Å²) in [5.74, 6) is -0.280. The maximum absolute atomic E-state index is 13.0. The molecule has 0 amide bonds. The molecule has 0 fully saturated rings. The van der Waals surface area contributed by atoms with Crippen LogP contribution in [0.5, 0.6) is 11.5 Å². The van der Waals surface area contributed by atoms with Gasteiger partial charge in [-0.25, -0.2) is 0 Å². The van der Waals surface area contributed by atoms with E-state index in [9.17, 15) is 42.8 Å². The fraction of sp³-hybridized carbons (Fsp3) is 0. The van der Waals surface area contributed by atoms with Gasteiger partial charge in [0.1, 0.15) is 21.3 Å². The Morgan fingerprint density at radius 1 is 0.465 bits per heavy atom. The van der Waals surface area contributed by atoms with E-state index < -0.39 is 56.0 Å². The van der Waals surface area contributed by atoms with Crippen molar-refractivity contribution in [1.29, 1.82) is 0 Å². The van der Waals surface area contributed by atoms with Crippen molar-refractivity contribution in [3.63, 3.8) is 0 Å². The van der Waals surface area contributed by atoms with Crippen LogP contribution in [0.1, 0.15) is 0 Å². The lowest BCUT2D eigenvalue weighted by molar-refractivity contribution is 0.481. The maximum atomic E-state index is 13.0. The van der Waals surface area contributed by atoms with Crippen molar-refractivity contribution < 1.29 is 51.1 Å². The average molecular weight is 666 g/mol. The first-order chi connectivity index (χ1) is 19.9. The molecule has 5 rings (SSSR count). The first-order valence-electron chi connectivity index (χ1n) is 11.7. The van der Waals surface area contributed by atoms with Gasteiger partial charge in [0.05, 0.1) is 15.5 Å². The molecule has 13 nitrogen and oxygen atoms in total. The van der Waals surface area contributed by atoms with Gasteiger partial charge in [-0.05, 0) is 88.3 Å². The van der Waals surface area contributed by atoms with Gasteiger partial charge in [-0.1, -0.05) is 24.3 Å². The maximum Gasteiger partial charge on any atom is 0.341 e. The molecule has 224 valence electrons. The quantitative estimate of drug-likeness (QED) is 0.123. The van der Waals surface area contributed by atoms with Crippen LogP contribution in [0, 0.1) is 0 Å². The summed E-state index contributed by atoms with van der Waals surface area (Å²) < 4.78 is 126. The third-order valence-corrected chi connectivity index (χ3v) is 10.4. The number of rotatable bonds is 8. The summed E-state index contributed by atoms with van der Waals surface area (Å²) in [7, 11) is -17.9. The standard InChI is InChI=1S/C26H19NO12S4/c27-25-15-24(42(34,35)38-20-5-1-18-13-22(40(28,29)30)7-3-16(18)11-20)9-10-26(25)43(36,37)39-21-6-2-19-14-23(41(31,32)33)8-4-17(19)12-21/h1-15H,27H2,(H,28,29,30)(H,31,32,33). The van der Waals surface area contributed by atoms with Crippen molar-refractivity contribution >= 4 is 67.7 Å². The predicted octanol–water partition coefficient (Wildman–Crippen LogP) is 3.60. The first kappa shape index (κ1) is 30.2. The fourth-order valence-corrected chi connectivity index (χ4v) is 7.10. The summed E-state index contributed by atoms with van der Waals surface area (Å²) in [6.45, 7) is 0. The molecule has 0 aromatic heterocycles. The van der Waals surface area contributed by atoms with Gasteiger partial charge in [-0.3, -0.25) is 9.11 Å². The number of fused-ring (bicyclic) bond motifs is 2. The molecular weight excluding hydrogens is 647 g/mol. The molecule has 5 aromatic carbocycles. The minimum Gasteiger partial charge on any atom is -0.398 e. The number of anilines is 1. The summed E-state index contributed by atoms with van der Waals surface area (Å²) in [5.41, 5.74) is 5.43. The van der Waals surface area contributed by atoms with Crippen LogP contribution in [-0.4, -0.2) is 42.8 Å². The highest BCUT2D eigenvalue weighted by Crippen LogP contribution is 2.31. The van der Waals surface area contributed by atoms with Gasteiger partial charge < -0.3 is 14.1 Å². The number of benzene rings is 5. The molecule has 43 heavy (non-hydrogen) atoms. The van der Waals surface area contributed by atoms with Gasteiger partial charge in [0.15, 0.2) is 0 Å². The number of nitrogen functional groups attached to an aromatic ring is 1.